The fraction of sp³-hybridized carbons (Fsp3) is 0.0909. The molecule has 0 aromatic heterocycles. The first-order valence-corrected chi connectivity index (χ1v) is 9.50. The fourth-order valence-corrected chi connectivity index (χ4v) is 3.86. The molecule has 3 aromatic rings. The Morgan fingerprint density at radius 1 is 0.615 bits per heavy atom. The zero-order valence-electron chi connectivity index (χ0n) is 14.0. The lowest BCUT2D eigenvalue weighted by atomic mass is 9.96. The summed E-state index contributed by atoms with van der Waals surface area (Å²) in [7, 11) is 0. The van der Waals surface area contributed by atoms with E-state index in [9.17, 15) is 9.59 Å². The molecule has 0 fully saturated rings. The Labute approximate surface area is 160 Å². The highest BCUT2D eigenvalue weighted by Gasteiger charge is 2.35. The summed E-state index contributed by atoms with van der Waals surface area (Å²) >= 11 is 3.54. The van der Waals surface area contributed by atoms with Gasteiger partial charge in [-0.3, -0.25) is 14.5 Å². The molecule has 0 unspecified atom stereocenters. The first kappa shape index (κ1) is 16.7. The lowest BCUT2D eigenvalue weighted by Gasteiger charge is -2.18. The maximum Gasteiger partial charge on any atom is 0.261 e. The molecule has 0 saturated carbocycles. The van der Waals surface area contributed by atoms with Gasteiger partial charge in [0, 0.05) is 5.33 Å². The number of fused-ring (bicyclic) bond motifs is 1. The standard InChI is InChI=1S/C22H16BrNO2/c23-13-15-7-1-3-9-17(15)18-10-4-2-8-16(18)14-24-21(25)19-11-5-6-12-20(19)22(24)26/h1-12H,13-14H2. The molecular formula is C22H16BrNO2. The third kappa shape index (κ3) is 2.76. The van der Waals surface area contributed by atoms with Crippen LogP contribution in [0.3, 0.4) is 0 Å². The van der Waals surface area contributed by atoms with Gasteiger partial charge in [0.25, 0.3) is 11.8 Å². The topological polar surface area (TPSA) is 37.4 Å². The van der Waals surface area contributed by atoms with Crippen LogP contribution in [0.2, 0.25) is 0 Å². The Balaban J connectivity index is 1.73. The molecular weight excluding hydrogens is 390 g/mol. The fourth-order valence-electron chi connectivity index (χ4n) is 3.37. The summed E-state index contributed by atoms with van der Waals surface area (Å²) in [6.07, 6.45) is 0. The van der Waals surface area contributed by atoms with Crippen molar-refractivity contribution in [2.45, 2.75) is 11.9 Å². The number of nitrogens with zero attached hydrogens (tertiary/aromatic N) is 1. The summed E-state index contributed by atoms with van der Waals surface area (Å²) in [5.74, 6) is -0.455. The quantitative estimate of drug-likeness (QED) is 0.450. The highest BCUT2D eigenvalue weighted by Crippen LogP contribution is 2.31. The summed E-state index contributed by atoms with van der Waals surface area (Å²) in [5.41, 5.74) is 5.24. The number of rotatable bonds is 4. The van der Waals surface area contributed by atoms with Gasteiger partial charge < -0.3 is 0 Å². The van der Waals surface area contributed by atoms with Crippen molar-refractivity contribution < 1.29 is 9.59 Å². The van der Waals surface area contributed by atoms with E-state index in [1.54, 1.807) is 24.3 Å². The summed E-state index contributed by atoms with van der Waals surface area (Å²) in [5, 5.41) is 0.741. The van der Waals surface area contributed by atoms with Gasteiger partial charge in [-0.25, -0.2) is 0 Å². The van der Waals surface area contributed by atoms with Gasteiger partial charge in [0.15, 0.2) is 0 Å². The minimum Gasteiger partial charge on any atom is -0.270 e. The van der Waals surface area contributed by atoms with Gasteiger partial charge in [-0.05, 0) is 34.4 Å². The largest absolute Gasteiger partial charge is 0.270 e. The number of carbonyl (C=O) groups excluding carboxylic acids is 2. The molecule has 128 valence electrons. The van der Waals surface area contributed by atoms with Crippen molar-refractivity contribution in [1.29, 1.82) is 0 Å². The molecule has 0 radical (unpaired) electrons. The smallest absolute Gasteiger partial charge is 0.261 e. The average Bonchev–Trinajstić information content (AvgIpc) is 2.94. The number of alkyl halides is 1. The van der Waals surface area contributed by atoms with Gasteiger partial charge in [-0.1, -0.05) is 76.6 Å². The number of hydrogen-bond acceptors (Lipinski definition) is 2. The molecule has 1 aliphatic rings. The predicted molar refractivity (Wildman–Crippen MR) is 105 cm³/mol. The van der Waals surface area contributed by atoms with Gasteiger partial charge in [0.1, 0.15) is 0 Å². The normalized spacial score (nSPS) is 13.2. The highest BCUT2D eigenvalue weighted by molar-refractivity contribution is 9.08. The SMILES string of the molecule is O=C1c2ccccc2C(=O)N1Cc1ccccc1-c1ccccc1CBr. The van der Waals surface area contributed by atoms with Crippen LogP contribution in [-0.4, -0.2) is 16.7 Å². The van der Waals surface area contributed by atoms with E-state index in [0.717, 1.165) is 22.0 Å². The molecule has 0 N–H and O–H groups in total. The lowest BCUT2D eigenvalue weighted by Crippen LogP contribution is -2.29. The summed E-state index contributed by atoms with van der Waals surface area (Å²) < 4.78 is 0. The van der Waals surface area contributed by atoms with E-state index >= 15 is 0 Å². The number of imide groups is 1. The minimum atomic E-state index is -0.228. The van der Waals surface area contributed by atoms with Crippen molar-refractivity contribution in [3.63, 3.8) is 0 Å². The summed E-state index contributed by atoms with van der Waals surface area (Å²) in [6, 6.07) is 23.1. The van der Waals surface area contributed by atoms with Crippen molar-refractivity contribution in [1.82, 2.24) is 4.90 Å². The molecule has 0 bridgehead atoms. The molecule has 4 heteroatoms. The van der Waals surface area contributed by atoms with Crippen LogP contribution in [0.25, 0.3) is 11.1 Å². The van der Waals surface area contributed by atoms with E-state index in [-0.39, 0.29) is 18.4 Å². The maximum absolute atomic E-state index is 12.7. The summed E-state index contributed by atoms with van der Waals surface area (Å²) in [6.45, 7) is 0.263. The van der Waals surface area contributed by atoms with E-state index in [4.69, 9.17) is 0 Å². The number of carbonyl (C=O) groups is 2. The average molecular weight is 406 g/mol. The zero-order valence-corrected chi connectivity index (χ0v) is 15.6. The Kier molecular flexibility index (Phi) is 4.43. The molecule has 26 heavy (non-hydrogen) atoms. The molecule has 2 amide bonds. The van der Waals surface area contributed by atoms with Crippen molar-refractivity contribution in [2.24, 2.45) is 0 Å². The second kappa shape index (κ2) is 6.89. The second-order valence-electron chi connectivity index (χ2n) is 6.19. The van der Waals surface area contributed by atoms with E-state index in [2.05, 4.69) is 28.1 Å². The zero-order chi connectivity index (χ0) is 18.1. The van der Waals surface area contributed by atoms with Gasteiger partial charge in [-0.2, -0.15) is 0 Å². The summed E-state index contributed by atoms with van der Waals surface area (Å²) in [4.78, 5) is 26.7. The van der Waals surface area contributed by atoms with Crippen LogP contribution in [0.4, 0.5) is 0 Å². The molecule has 0 aliphatic carbocycles. The van der Waals surface area contributed by atoms with Gasteiger partial charge in [0.2, 0.25) is 0 Å². The Bertz CT molecular complexity index is 977. The first-order valence-electron chi connectivity index (χ1n) is 8.38. The van der Waals surface area contributed by atoms with Gasteiger partial charge in [0.05, 0.1) is 17.7 Å². The van der Waals surface area contributed by atoms with E-state index in [1.165, 1.54) is 10.5 Å². The molecule has 0 atom stereocenters. The number of amides is 2. The highest BCUT2D eigenvalue weighted by atomic mass is 79.9. The van der Waals surface area contributed by atoms with Crippen LogP contribution in [0.1, 0.15) is 31.8 Å². The Morgan fingerprint density at radius 2 is 1.04 bits per heavy atom. The maximum atomic E-state index is 12.7. The minimum absolute atomic E-state index is 0.228. The predicted octanol–water partition coefficient (Wildman–Crippen LogP) is 5.04. The molecule has 4 rings (SSSR count). The second-order valence-corrected chi connectivity index (χ2v) is 6.75. The Morgan fingerprint density at radius 3 is 1.58 bits per heavy atom. The Hall–Kier alpha value is -2.72. The molecule has 0 spiro atoms. The molecule has 3 aromatic carbocycles. The van der Waals surface area contributed by atoms with Crippen LogP contribution in [0.15, 0.2) is 72.8 Å². The van der Waals surface area contributed by atoms with E-state index in [0.29, 0.717) is 11.1 Å². The number of benzene rings is 3. The monoisotopic (exact) mass is 405 g/mol. The van der Waals surface area contributed by atoms with Crippen LogP contribution in [-0.2, 0) is 11.9 Å². The molecule has 1 heterocycles. The van der Waals surface area contributed by atoms with E-state index in [1.807, 2.05) is 36.4 Å². The third-order valence-corrected chi connectivity index (χ3v) is 5.28. The number of halogens is 1. The van der Waals surface area contributed by atoms with Crippen LogP contribution < -0.4 is 0 Å². The van der Waals surface area contributed by atoms with Crippen LogP contribution in [0, 0.1) is 0 Å². The van der Waals surface area contributed by atoms with Gasteiger partial charge >= 0.3 is 0 Å². The number of hydrogen-bond donors (Lipinski definition) is 0. The molecule has 0 saturated heterocycles. The van der Waals surface area contributed by atoms with Gasteiger partial charge in [-0.15, -0.1) is 0 Å². The van der Waals surface area contributed by atoms with Crippen LogP contribution >= 0.6 is 15.9 Å². The van der Waals surface area contributed by atoms with E-state index < -0.39 is 0 Å². The van der Waals surface area contributed by atoms with Crippen molar-refractivity contribution in [3.05, 3.63) is 95.1 Å². The van der Waals surface area contributed by atoms with Crippen molar-refractivity contribution in [3.8, 4) is 11.1 Å². The van der Waals surface area contributed by atoms with Crippen molar-refractivity contribution in [2.75, 3.05) is 0 Å². The first-order chi connectivity index (χ1) is 12.7. The van der Waals surface area contributed by atoms with Crippen molar-refractivity contribution >= 4 is 27.7 Å². The lowest BCUT2D eigenvalue weighted by molar-refractivity contribution is 0.0642. The molecule has 1 aliphatic heterocycles. The molecule has 3 nitrogen and oxygen atoms in total. The third-order valence-electron chi connectivity index (χ3n) is 4.68. The van der Waals surface area contributed by atoms with Crippen LogP contribution in [0.5, 0.6) is 0 Å².